The molecule has 0 saturated carbocycles. The molecule has 0 heterocycles. The fourth-order valence-corrected chi connectivity index (χ4v) is 2.09. The molecule has 0 unspecified atom stereocenters. The molecule has 0 fully saturated rings. The van der Waals surface area contributed by atoms with Crippen LogP contribution in [0.3, 0.4) is 0 Å². The van der Waals surface area contributed by atoms with E-state index in [-0.39, 0.29) is 0 Å². The van der Waals surface area contributed by atoms with Crippen LogP contribution in [0.1, 0.15) is 13.3 Å². The van der Waals surface area contributed by atoms with Crippen molar-refractivity contribution in [3.8, 4) is 0 Å². The second-order valence-electron chi connectivity index (χ2n) is 1.36. The van der Waals surface area contributed by atoms with Crippen LogP contribution in [0.2, 0.25) is 8.94 Å². The van der Waals surface area contributed by atoms with Crippen molar-refractivity contribution in [3.05, 3.63) is 12.7 Å². The Morgan fingerprint density at radius 2 is 2.43 bits per heavy atom. The quantitative estimate of drug-likeness (QED) is 0.380. The van der Waals surface area contributed by atoms with Gasteiger partial charge in [0.1, 0.15) is 0 Å². The minimum absolute atomic E-state index is 0.359. The molecule has 0 saturated heterocycles. The van der Waals surface area contributed by atoms with Gasteiger partial charge in [-0.05, 0) is 0 Å². The van der Waals surface area contributed by atoms with Gasteiger partial charge in [0.2, 0.25) is 0 Å². The van der Waals surface area contributed by atoms with Crippen molar-refractivity contribution in [2.45, 2.75) is 22.3 Å². The van der Waals surface area contributed by atoms with Crippen LogP contribution < -0.4 is 0 Å². The Balaban J connectivity index is 2.56. The molecule has 0 aliphatic rings. The molecule has 0 aliphatic heterocycles. The third kappa shape index (κ3) is 6.53. The van der Waals surface area contributed by atoms with Crippen LogP contribution in [0.4, 0.5) is 0 Å². The van der Waals surface area contributed by atoms with Crippen molar-refractivity contribution in [2.24, 2.45) is 0 Å². The summed E-state index contributed by atoms with van der Waals surface area (Å²) in [6, 6.07) is 0. The van der Waals surface area contributed by atoms with Crippen molar-refractivity contribution < 1.29 is 0 Å². The summed E-state index contributed by atoms with van der Waals surface area (Å²) in [5.74, 6) is 0. The molecule has 0 radical (unpaired) electrons. The topological polar surface area (TPSA) is 0 Å². The minimum atomic E-state index is 0.359. The Hall–Kier alpha value is 0.530. The first-order chi connectivity index (χ1) is 3.41. The average Bonchev–Trinajstić information content (AvgIpc) is 1.69. The number of hydrogen-bond acceptors (Lipinski definition) is 0. The predicted molar refractivity (Wildman–Crippen MR) is 35.9 cm³/mol. The molecule has 0 spiro atoms. The molecule has 0 amide bonds. The summed E-state index contributed by atoms with van der Waals surface area (Å²) in [6.45, 7) is 5.91. The first-order valence-corrected chi connectivity index (χ1v) is 5.90. The maximum atomic E-state index is 3.66. The van der Waals surface area contributed by atoms with Crippen LogP contribution in [0.25, 0.3) is 0 Å². The van der Waals surface area contributed by atoms with E-state index in [1.165, 1.54) is 15.4 Å². The zero-order valence-corrected chi connectivity index (χ0v) is 7.14. The molecule has 7 heavy (non-hydrogen) atoms. The number of hydrogen-bond donors (Lipinski definition) is 0. The van der Waals surface area contributed by atoms with E-state index in [0.29, 0.717) is 20.9 Å². The van der Waals surface area contributed by atoms with E-state index in [0.717, 1.165) is 0 Å². The monoisotopic (exact) mass is 214 g/mol. The summed E-state index contributed by atoms with van der Waals surface area (Å²) in [4.78, 5) is 0. The summed E-state index contributed by atoms with van der Waals surface area (Å²) in [5.41, 5.74) is 0. The Kier molecular flexibility index (Phi) is 7.02. The molecule has 0 aromatic carbocycles. The Labute approximate surface area is 56.1 Å². The van der Waals surface area contributed by atoms with Crippen LogP contribution >= 0.6 is 0 Å². The number of allylic oxidation sites excluding steroid dienone is 1. The van der Waals surface area contributed by atoms with Gasteiger partial charge in [-0.1, -0.05) is 0 Å². The Morgan fingerprint density at radius 3 is 2.86 bits per heavy atom. The van der Waals surface area contributed by atoms with E-state index in [4.69, 9.17) is 0 Å². The number of rotatable bonds is 4. The second kappa shape index (κ2) is 6.53. The SMILES string of the molecule is C=CC[Te]CCC. The normalized spacial score (nSPS) is 8.71. The van der Waals surface area contributed by atoms with Gasteiger partial charge in [-0.25, -0.2) is 0 Å². The van der Waals surface area contributed by atoms with Crippen molar-refractivity contribution >= 4 is 20.9 Å². The fourth-order valence-electron chi connectivity index (χ4n) is 0.311. The van der Waals surface area contributed by atoms with Crippen LogP contribution in [-0.2, 0) is 0 Å². The fraction of sp³-hybridized carbons (Fsp3) is 0.667. The Morgan fingerprint density at radius 1 is 1.71 bits per heavy atom. The molecule has 0 aromatic heterocycles. The molecule has 0 N–H and O–H groups in total. The summed E-state index contributed by atoms with van der Waals surface area (Å²) in [7, 11) is 0. The van der Waals surface area contributed by atoms with Crippen LogP contribution in [0.15, 0.2) is 12.7 Å². The molecular weight excluding hydrogens is 200 g/mol. The van der Waals surface area contributed by atoms with E-state index in [2.05, 4.69) is 13.5 Å². The van der Waals surface area contributed by atoms with Gasteiger partial charge in [-0.15, -0.1) is 0 Å². The standard InChI is InChI=1S/C6H12Te/c1-3-5-7-6-4-2/h3H,1,4-6H2,2H3. The van der Waals surface area contributed by atoms with E-state index < -0.39 is 0 Å². The van der Waals surface area contributed by atoms with Crippen molar-refractivity contribution in [1.82, 2.24) is 0 Å². The van der Waals surface area contributed by atoms with Crippen molar-refractivity contribution in [1.29, 1.82) is 0 Å². The van der Waals surface area contributed by atoms with Gasteiger partial charge in [-0.2, -0.15) is 0 Å². The Bertz CT molecular complexity index is 41.4. The van der Waals surface area contributed by atoms with Crippen LogP contribution in [0, 0.1) is 0 Å². The van der Waals surface area contributed by atoms with Gasteiger partial charge < -0.3 is 0 Å². The molecule has 0 rings (SSSR count). The van der Waals surface area contributed by atoms with Gasteiger partial charge in [0.15, 0.2) is 0 Å². The first-order valence-electron chi connectivity index (χ1n) is 2.60. The third-order valence-electron chi connectivity index (χ3n) is 0.584. The maximum absolute atomic E-state index is 3.66. The molecule has 0 nitrogen and oxygen atoms in total. The van der Waals surface area contributed by atoms with E-state index in [1.807, 2.05) is 6.08 Å². The third-order valence-corrected chi connectivity index (χ3v) is 3.92. The summed E-state index contributed by atoms with van der Waals surface area (Å²) >= 11 is 0.359. The summed E-state index contributed by atoms with van der Waals surface area (Å²) in [5, 5.41) is 0. The van der Waals surface area contributed by atoms with Gasteiger partial charge in [0, 0.05) is 0 Å². The van der Waals surface area contributed by atoms with Gasteiger partial charge in [-0.3, -0.25) is 0 Å². The van der Waals surface area contributed by atoms with Gasteiger partial charge in [0.25, 0.3) is 0 Å². The zero-order valence-electron chi connectivity index (χ0n) is 4.81. The molecular formula is C6H12Te. The van der Waals surface area contributed by atoms with Gasteiger partial charge in [0.05, 0.1) is 0 Å². The van der Waals surface area contributed by atoms with Crippen LogP contribution in [0.5, 0.6) is 0 Å². The molecule has 0 bridgehead atoms. The van der Waals surface area contributed by atoms with E-state index in [1.54, 1.807) is 0 Å². The van der Waals surface area contributed by atoms with E-state index in [9.17, 15) is 0 Å². The molecule has 0 aromatic rings. The van der Waals surface area contributed by atoms with Crippen LogP contribution in [-0.4, -0.2) is 20.9 Å². The first kappa shape index (κ1) is 7.53. The molecule has 42 valence electrons. The summed E-state index contributed by atoms with van der Waals surface area (Å²) in [6.07, 6.45) is 3.41. The molecule has 0 aliphatic carbocycles. The zero-order chi connectivity index (χ0) is 5.54. The second-order valence-corrected chi connectivity index (χ2v) is 4.65. The van der Waals surface area contributed by atoms with Crippen molar-refractivity contribution in [3.63, 3.8) is 0 Å². The average molecular weight is 212 g/mol. The van der Waals surface area contributed by atoms with Gasteiger partial charge >= 0.3 is 55.9 Å². The van der Waals surface area contributed by atoms with E-state index >= 15 is 0 Å². The van der Waals surface area contributed by atoms with Crippen molar-refractivity contribution in [2.75, 3.05) is 0 Å². The molecule has 0 atom stereocenters. The predicted octanol–water partition coefficient (Wildman–Crippen LogP) is 2.12. The molecule has 1 heteroatoms. The summed E-state index contributed by atoms with van der Waals surface area (Å²) < 4.78 is 2.80.